The van der Waals surface area contributed by atoms with Crippen LogP contribution in [0, 0.1) is 6.07 Å². The van der Waals surface area contributed by atoms with Gasteiger partial charge in [0.2, 0.25) is 11.9 Å². The molecule has 0 saturated carbocycles. The number of H-pyrrole nitrogens is 1. The van der Waals surface area contributed by atoms with Crippen molar-refractivity contribution in [2.24, 2.45) is 0 Å². The molecule has 0 atom stereocenters. The number of nitrogens with zero attached hydrogens (tertiary/aromatic N) is 2. The van der Waals surface area contributed by atoms with Crippen molar-refractivity contribution < 1.29 is 114 Å². The molecule has 0 spiro atoms. The van der Waals surface area contributed by atoms with Crippen molar-refractivity contribution in [2.75, 3.05) is 10.6 Å². The van der Waals surface area contributed by atoms with Gasteiger partial charge in [0, 0.05) is 11.4 Å². The van der Waals surface area contributed by atoms with E-state index < -0.39 is 50.7 Å². The zero-order chi connectivity index (χ0) is 29.7. The Kier molecular flexibility index (Phi) is 13.9. The number of aromatic amines is 1. The van der Waals surface area contributed by atoms with E-state index in [1.165, 1.54) is 42.5 Å². The molecule has 0 aliphatic rings. The predicted octanol–water partition coefficient (Wildman–Crippen LogP) is -10.5. The number of anilines is 4. The van der Waals surface area contributed by atoms with Gasteiger partial charge in [-0.2, -0.15) is 28.2 Å². The van der Waals surface area contributed by atoms with Crippen molar-refractivity contribution in [3.63, 3.8) is 0 Å². The topological polar surface area (TPSA) is 254 Å². The first-order chi connectivity index (χ1) is 19.1. The third-order valence-corrected chi connectivity index (χ3v) is 8.22. The molecule has 5 rings (SSSR count). The Morgan fingerprint density at radius 2 is 1.20 bits per heavy atom. The van der Waals surface area contributed by atoms with E-state index in [0.29, 0.717) is 17.1 Å². The Bertz CT molecular complexity index is 2290. The van der Waals surface area contributed by atoms with Crippen LogP contribution in [-0.4, -0.2) is 53.9 Å². The largest absolute Gasteiger partial charge is 1.00 e. The van der Waals surface area contributed by atoms with E-state index in [1.807, 2.05) is 0 Å². The SMILES string of the molecule is O=c1nc(Nc2ccc3c(S(=O)(=O)[O-])c[c-]cc3c2)nc(Nc2ccc3c(S(=O)(=O)[O-])cc(S(=O)(=O)[O-])cc3c2)[nH]1.[Li+].[Li+].[Li+].[Li+]. The first-order valence-corrected chi connectivity index (χ1v) is 15.2. The fourth-order valence-corrected chi connectivity index (χ4v) is 5.98. The standard InChI is InChI=1S/C23H16N5O10S3.4Li/c29-23-27-21(24-14-4-6-17-12(8-14)2-1-3-19(17)40(33,34)35)26-22(28-23)25-15-5-7-18-13(9-15)10-16(39(30,31)32)11-20(18)41(36,37)38;;;;/h2-11H,(H,30,31,32)(H,33,34,35)(H,36,37,38)(H3,24,25,26,27,28,29);;;;/q-1;4*+1/p-3. The summed E-state index contributed by atoms with van der Waals surface area (Å²) in [7, 11) is -15.0. The fourth-order valence-electron chi connectivity index (χ4n) is 3.98. The molecule has 0 radical (unpaired) electrons. The van der Waals surface area contributed by atoms with Gasteiger partial charge in [0.15, 0.2) is 0 Å². The average molecular weight is 643 g/mol. The Hall–Kier alpha value is -2.07. The molecule has 0 unspecified atom stereocenters. The van der Waals surface area contributed by atoms with Crippen LogP contribution in [0.5, 0.6) is 0 Å². The molecule has 0 amide bonds. The van der Waals surface area contributed by atoms with E-state index in [2.05, 4.69) is 31.7 Å². The van der Waals surface area contributed by atoms with Crippen LogP contribution >= 0.6 is 0 Å². The third kappa shape index (κ3) is 9.49. The van der Waals surface area contributed by atoms with Gasteiger partial charge in [-0.3, -0.25) is 13.4 Å². The van der Waals surface area contributed by atoms with Gasteiger partial charge in [-0.15, -0.1) is 10.8 Å². The number of fused-ring (bicyclic) bond motifs is 2. The molecule has 0 fully saturated rings. The van der Waals surface area contributed by atoms with Crippen molar-refractivity contribution in [1.82, 2.24) is 15.0 Å². The molecule has 15 nitrogen and oxygen atoms in total. The second-order valence-electron chi connectivity index (χ2n) is 8.42. The van der Waals surface area contributed by atoms with Crippen LogP contribution in [0.1, 0.15) is 0 Å². The summed E-state index contributed by atoms with van der Waals surface area (Å²) in [6.45, 7) is 0. The van der Waals surface area contributed by atoms with Crippen LogP contribution < -0.4 is 91.8 Å². The van der Waals surface area contributed by atoms with Crippen LogP contribution in [0.25, 0.3) is 21.5 Å². The van der Waals surface area contributed by atoms with Crippen LogP contribution in [0.4, 0.5) is 23.3 Å². The van der Waals surface area contributed by atoms with Crippen molar-refractivity contribution in [3.8, 4) is 0 Å². The van der Waals surface area contributed by atoms with E-state index in [4.69, 9.17) is 0 Å². The summed E-state index contributed by atoms with van der Waals surface area (Å²) < 4.78 is 104. The van der Waals surface area contributed by atoms with Gasteiger partial charge in [-0.25, -0.2) is 21.6 Å². The summed E-state index contributed by atoms with van der Waals surface area (Å²) in [6, 6.07) is 14.5. The van der Waals surface area contributed by atoms with Gasteiger partial charge in [0.25, 0.3) is 0 Å². The van der Waals surface area contributed by atoms with Crippen LogP contribution in [0.15, 0.2) is 80.1 Å². The number of nitrogens with one attached hydrogen (secondary N) is 3. The molecular formula is C23H13Li4N5O10S3. The molecule has 3 N–H and O–H groups in total. The molecule has 212 valence electrons. The number of benzene rings is 4. The monoisotopic (exact) mass is 643 g/mol. The molecule has 0 bridgehead atoms. The maximum absolute atomic E-state index is 12.2. The molecule has 22 heteroatoms. The first-order valence-electron chi connectivity index (χ1n) is 11.0. The smallest absolute Gasteiger partial charge is 0.754 e. The molecule has 0 saturated heterocycles. The van der Waals surface area contributed by atoms with Gasteiger partial charge in [0.05, 0.1) is 19.9 Å². The van der Waals surface area contributed by atoms with Crippen LogP contribution in [0.2, 0.25) is 0 Å². The maximum Gasteiger partial charge on any atom is 1.00 e. The molecule has 0 aliphatic carbocycles. The Morgan fingerprint density at radius 3 is 1.78 bits per heavy atom. The molecule has 1 aromatic heterocycles. The number of hydrogen-bond donors (Lipinski definition) is 3. The molecule has 45 heavy (non-hydrogen) atoms. The summed E-state index contributed by atoms with van der Waals surface area (Å²) in [5.41, 5.74) is -0.370. The molecule has 1 heterocycles. The summed E-state index contributed by atoms with van der Waals surface area (Å²) in [6.07, 6.45) is 0. The van der Waals surface area contributed by atoms with Crippen molar-refractivity contribution >= 4 is 75.2 Å². The normalized spacial score (nSPS) is 11.4. The number of hydrogen-bond acceptors (Lipinski definition) is 14. The summed E-state index contributed by atoms with van der Waals surface area (Å²) in [5.74, 6) is -0.364. The van der Waals surface area contributed by atoms with Gasteiger partial charge in [-0.1, -0.05) is 18.2 Å². The van der Waals surface area contributed by atoms with Gasteiger partial charge in [0.1, 0.15) is 20.2 Å². The Balaban J connectivity index is 0.00000253. The number of aromatic nitrogens is 3. The van der Waals surface area contributed by atoms with Crippen molar-refractivity contribution in [3.05, 3.63) is 77.2 Å². The maximum atomic E-state index is 12.2. The quantitative estimate of drug-likeness (QED) is 0.0846. The first kappa shape index (κ1) is 41.0. The number of rotatable bonds is 7. The Morgan fingerprint density at radius 1 is 0.644 bits per heavy atom. The summed E-state index contributed by atoms with van der Waals surface area (Å²) in [5, 5.41) is 5.79. The zero-order valence-corrected chi connectivity index (χ0v) is 26.4. The molecule has 0 aliphatic heterocycles. The van der Waals surface area contributed by atoms with E-state index in [9.17, 15) is 43.7 Å². The minimum absolute atomic E-state index is 0. The van der Waals surface area contributed by atoms with Crippen LogP contribution in [0.3, 0.4) is 0 Å². The Labute approximate surface area is 304 Å². The average Bonchev–Trinajstić information content (AvgIpc) is 2.85. The second kappa shape index (κ2) is 15.2. The van der Waals surface area contributed by atoms with E-state index in [0.717, 1.165) is 12.1 Å². The fraction of sp³-hybridized carbons (Fsp3) is 0. The van der Waals surface area contributed by atoms with Gasteiger partial charge in [-0.05, 0) is 46.0 Å². The second-order valence-corrected chi connectivity index (χ2v) is 12.5. The minimum atomic E-state index is -5.15. The summed E-state index contributed by atoms with van der Waals surface area (Å²) in [4.78, 5) is 20.1. The minimum Gasteiger partial charge on any atom is -0.754 e. The third-order valence-electron chi connectivity index (χ3n) is 5.66. The van der Waals surface area contributed by atoms with Gasteiger partial charge < -0.3 is 24.3 Å². The molecular weight excluding hydrogens is 630 g/mol. The zero-order valence-electron chi connectivity index (χ0n) is 24.0. The predicted molar refractivity (Wildman–Crippen MR) is 140 cm³/mol. The van der Waals surface area contributed by atoms with E-state index in [-0.39, 0.29) is 109 Å². The molecule has 5 aromatic rings. The van der Waals surface area contributed by atoms with Crippen LogP contribution in [-0.2, 0) is 30.4 Å². The van der Waals surface area contributed by atoms with Gasteiger partial charge >= 0.3 is 81.1 Å². The van der Waals surface area contributed by atoms with E-state index >= 15 is 0 Å². The van der Waals surface area contributed by atoms with Crippen molar-refractivity contribution in [1.29, 1.82) is 0 Å². The van der Waals surface area contributed by atoms with Crippen molar-refractivity contribution in [2.45, 2.75) is 14.7 Å². The summed E-state index contributed by atoms with van der Waals surface area (Å²) >= 11 is 0. The van der Waals surface area contributed by atoms with E-state index in [1.54, 1.807) is 0 Å². The molecule has 4 aromatic carbocycles.